The second-order valence-electron chi connectivity index (χ2n) is 4.82. The predicted octanol–water partition coefficient (Wildman–Crippen LogP) is 1.31. The Bertz CT molecular complexity index is 489. The molecule has 1 aromatic rings. The molecule has 2 rings (SSSR count). The largest absolute Gasteiger partial charge is 0.484 e. The van der Waals surface area contributed by atoms with Crippen molar-refractivity contribution in [3.8, 4) is 11.8 Å². The Balaban J connectivity index is 1.87. The van der Waals surface area contributed by atoms with Crippen LogP contribution in [0.4, 0.5) is 0 Å². The van der Waals surface area contributed by atoms with Crippen LogP contribution in [0.25, 0.3) is 0 Å². The van der Waals surface area contributed by atoms with Crippen molar-refractivity contribution in [3.63, 3.8) is 0 Å². The van der Waals surface area contributed by atoms with Gasteiger partial charge in [-0.1, -0.05) is 0 Å². The SMILES string of the molecule is N#Cc1ccc(OCC(=O)N(CCO)C2CCC2)cc1. The minimum absolute atomic E-state index is 0.0287. The zero-order valence-electron chi connectivity index (χ0n) is 11.3. The third-order valence-corrected chi connectivity index (χ3v) is 3.52. The maximum atomic E-state index is 12.1. The molecule has 1 aliphatic rings. The van der Waals surface area contributed by atoms with Crippen LogP contribution in [0.3, 0.4) is 0 Å². The smallest absolute Gasteiger partial charge is 0.260 e. The first-order valence-electron chi connectivity index (χ1n) is 6.78. The van der Waals surface area contributed by atoms with E-state index in [4.69, 9.17) is 15.1 Å². The lowest BCUT2D eigenvalue weighted by Crippen LogP contribution is -2.47. The van der Waals surface area contributed by atoms with Crippen molar-refractivity contribution in [2.75, 3.05) is 19.8 Å². The summed E-state index contributed by atoms with van der Waals surface area (Å²) >= 11 is 0. The molecule has 106 valence electrons. The van der Waals surface area contributed by atoms with E-state index in [9.17, 15) is 4.79 Å². The average Bonchev–Trinajstić information content (AvgIpc) is 2.43. The molecule has 1 aliphatic carbocycles. The van der Waals surface area contributed by atoms with Crippen LogP contribution >= 0.6 is 0 Å². The van der Waals surface area contributed by atoms with Crippen LogP contribution < -0.4 is 4.74 Å². The summed E-state index contributed by atoms with van der Waals surface area (Å²) in [5.74, 6) is 0.461. The number of nitriles is 1. The Morgan fingerprint density at radius 2 is 2.10 bits per heavy atom. The molecule has 5 heteroatoms. The third kappa shape index (κ3) is 3.49. The van der Waals surface area contributed by atoms with E-state index in [1.54, 1.807) is 29.2 Å². The fourth-order valence-corrected chi connectivity index (χ4v) is 2.17. The minimum atomic E-state index is -0.104. The maximum absolute atomic E-state index is 12.1. The lowest BCUT2D eigenvalue weighted by molar-refractivity contribution is -0.138. The number of hydrogen-bond acceptors (Lipinski definition) is 4. The van der Waals surface area contributed by atoms with Crippen LogP contribution in [0.5, 0.6) is 5.75 Å². The molecule has 0 radical (unpaired) electrons. The quantitative estimate of drug-likeness (QED) is 0.848. The molecule has 0 heterocycles. The van der Waals surface area contributed by atoms with Gasteiger partial charge in [-0.25, -0.2) is 0 Å². The Morgan fingerprint density at radius 3 is 2.60 bits per heavy atom. The Hall–Kier alpha value is -2.06. The summed E-state index contributed by atoms with van der Waals surface area (Å²) in [5.41, 5.74) is 0.556. The summed E-state index contributed by atoms with van der Waals surface area (Å²) in [6.07, 6.45) is 3.14. The molecule has 1 N–H and O–H groups in total. The molecule has 0 aliphatic heterocycles. The van der Waals surface area contributed by atoms with E-state index in [1.807, 2.05) is 6.07 Å². The minimum Gasteiger partial charge on any atom is -0.484 e. The highest BCUT2D eigenvalue weighted by Crippen LogP contribution is 2.24. The van der Waals surface area contributed by atoms with Gasteiger partial charge in [0.15, 0.2) is 6.61 Å². The van der Waals surface area contributed by atoms with Crippen LogP contribution in [0.15, 0.2) is 24.3 Å². The number of carbonyl (C=O) groups is 1. The maximum Gasteiger partial charge on any atom is 0.260 e. The van der Waals surface area contributed by atoms with Crippen molar-refractivity contribution in [2.24, 2.45) is 0 Å². The van der Waals surface area contributed by atoms with Gasteiger partial charge < -0.3 is 14.7 Å². The summed E-state index contributed by atoms with van der Waals surface area (Å²) in [4.78, 5) is 13.8. The first-order chi connectivity index (χ1) is 9.74. The first-order valence-corrected chi connectivity index (χ1v) is 6.78. The summed E-state index contributed by atoms with van der Waals surface area (Å²) in [6.45, 7) is 0.293. The zero-order chi connectivity index (χ0) is 14.4. The topological polar surface area (TPSA) is 73.6 Å². The van der Waals surface area contributed by atoms with Gasteiger partial charge in [-0.2, -0.15) is 5.26 Å². The number of ether oxygens (including phenoxy) is 1. The number of hydrogen-bond donors (Lipinski definition) is 1. The highest BCUT2D eigenvalue weighted by atomic mass is 16.5. The molecule has 0 saturated heterocycles. The van der Waals surface area contributed by atoms with Crippen molar-refractivity contribution in [1.29, 1.82) is 5.26 Å². The number of aliphatic hydroxyl groups is 1. The van der Waals surface area contributed by atoms with E-state index < -0.39 is 0 Å². The number of carbonyl (C=O) groups excluding carboxylic acids is 1. The predicted molar refractivity (Wildman–Crippen MR) is 73.1 cm³/mol. The molecule has 0 aromatic heterocycles. The van der Waals surface area contributed by atoms with Crippen molar-refractivity contribution in [3.05, 3.63) is 29.8 Å². The monoisotopic (exact) mass is 274 g/mol. The lowest BCUT2D eigenvalue weighted by Gasteiger charge is -2.37. The Labute approximate surface area is 118 Å². The van der Waals surface area contributed by atoms with Crippen molar-refractivity contribution < 1.29 is 14.6 Å². The normalized spacial score (nSPS) is 14.2. The number of aliphatic hydroxyl groups excluding tert-OH is 1. The van der Waals surface area contributed by atoms with Gasteiger partial charge in [0.2, 0.25) is 0 Å². The molecule has 5 nitrogen and oxygen atoms in total. The van der Waals surface area contributed by atoms with E-state index in [2.05, 4.69) is 0 Å². The summed E-state index contributed by atoms with van der Waals surface area (Å²) in [5, 5.41) is 17.7. The molecule has 1 aromatic carbocycles. The molecular formula is C15H18N2O3. The summed E-state index contributed by atoms with van der Waals surface area (Å²) in [7, 11) is 0. The van der Waals surface area contributed by atoms with Gasteiger partial charge in [-0.3, -0.25) is 4.79 Å². The first kappa shape index (κ1) is 14.4. The third-order valence-electron chi connectivity index (χ3n) is 3.52. The van der Waals surface area contributed by atoms with Crippen LogP contribution in [0.1, 0.15) is 24.8 Å². The van der Waals surface area contributed by atoms with Gasteiger partial charge in [-0.15, -0.1) is 0 Å². The molecule has 1 fully saturated rings. The molecule has 0 bridgehead atoms. The second kappa shape index (κ2) is 6.92. The van der Waals surface area contributed by atoms with Crippen LogP contribution in [0.2, 0.25) is 0 Å². The summed E-state index contributed by atoms with van der Waals surface area (Å²) in [6, 6.07) is 8.92. The van der Waals surface area contributed by atoms with E-state index in [1.165, 1.54) is 0 Å². The van der Waals surface area contributed by atoms with Crippen LogP contribution in [-0.4, -0.2) is 41.7 Å². The molecule has 0 atom stereocenters. The van der Waals surface area contributed by atoms with Gasteiger partial charge in [0.05, 0.1) is 18.2 Å². The van der Waals surface area contributed by atoms with Gasteiger partial charge >= 0.3 is 0 Å². The van der Waals surface area contributed by atoms with Crippen molar-refractivity contribution in [1.82, 2.24) is 4.90 Å². The Morgan fingerprint density at radius 1 is 1.40 bits per heavy atom. The van der Waals surface area contributed by atoms with E-state index in [0.717, 1.165) is 19.3 Å². The fourth-order valence-electron chi connectivity index (χ4n) is 2.17. The van der Waals surface area contributed by atoms with Gasteiger partial charge in [-0.05, 0) is 43.5 Å². The van der Waals surface area contributed by atoms with Crippen LogP contribution in [0, 0.1) is 11.3 Å². The number of benzene rings is 1. The van der Waals surface area contributed by atoms with Gasteiger partial charge in [0, 0.05) is 12.6 Å². The van der Waals surface area contributed by atoms with Crippen LogP contribution in [-0.2, 0) is 4.79 Å². The van der Waals surface area contributed by atoms with E-state index >= 15 is 0 Å². The van der Waals surface area contributed by atoms with Crippen molar-refractivity contribution >= 4 is 5.91 Å². The Kier molecular flexibility index (Phi) is 4.97. The highest BCUT2D eigenvalue weighted by Gasteiger charge is 2.28. The fraction of sp³-hybridized carbons (Fsp3) is 0.467. The van der Waals surface area contributed by atoms with Crippen molar-refractivity contribution in [2.45, 2.75) is 25.3 Å². The van der Waals surface area contributed by atoms with Gasteiger partial charge in [0.1, 0.15) is 5.75 Å². The molecular weight excluding hydrogens is 256 g/mol. The van der Waals surface area contributed by atoms with E-state index in [-0.39, 0.29) is 25.2 Å². The molecule has 0 spiro atoms. The summed E-state index contributed by atoms with van der Waals surface area (Å²) < 4.78 is 5.43. The number of amides is 1. The molecule has 0 unspecified atom stereocenters. The molecule has 1 amide bonds. The molecule has 20 heavy (non-hydrogen) atoms. The standard InChI is InChI=1S/C15H18N2O3/c16-10-12-4-6-14(7-5-12)20-11-15(19)17(8-9-18)13-2-1-3-13/h4-7,13,18H,1-3,8-9,11H2. The van der Waals surface area contributed by atoms with E-state index in [0.29, 0.717) is 17.9 Å². The average molecular weight is 274 g/mol. The number of nitrogens with zero attached hydrogens (tertiary/aromatic N) is 2. The number of rotatable bonds is 6. The second-order valence-corrected chi connectivity index (χ2v) is 4.82. The lowest BCUT2D eigenvalue weighted by atomic mass is 9.91. The molecule has 1 saturated carbocycles. The van der Waals surface area contributed by atoms with Gasteiger partial charge in [0.25, 0.3) is 5.91 Å². The zero-order valence-corrected chi connectivity index (χ0v) is 11.3. The highest BCUT2D eigenvalue weighted by molar-refractivity contribution is 5.78.